The smallest absolute Gasteiger partial charge is 0.0131 e. The van der Waals surface area contributed by atoms with Gasteiger partial charge in [0.1, 0.15) is 0 Å². The third-order valence-electron chi connectivity index (χ3n) is 7.62. The fraction of sp³-hybridized carbons (Fsp3) is 1.00. The van der Waals surface area contributed by atoms with Crippen molar-refractivity contribution in [2.24, 2.45) is 22.7 Å². The van der Waals surface area contributed by atoms with E-state index in [0.29, 0.717) is 10.8 Å². The second kappa shape index (κ2) is 4.76. The molecule has 0 spiro atoms. The highest BCUT2D eigenvalue weighted by molar-refractivity contribution is 5.13. The Labute approximate surface area is 119 Å². The SMILES string of the molecule is C[C@H](NC1CC2CCC1(C)C2(C)C)C1CCCCC1. The number of hydrogen-bond donors (Lipinski definition) is 1. The first-order valence-electron chi connectivity index (χ1n) is 8.71. The van der Waals surface area contributed by atoms with E-state index in [9.17, 15) is 0 Å². The molecule has 3 fully saturated rings. The van der Waals surface area contributed by atoms with Crippen LogP contribution in [0, 0.1) is 22.7 Å². The Morgan fingerprint density at radius 1 is 1.00 bits per heavy atom. The normalized spacial score (nSPS) is 43.6. The molecule has 1 nitrogen and oxygen atoms in total. The van der Waals surface area contributed by atoms with Gasteiger partial charge in [0.15, 0.2) is 0 Å². The molecule has 3 saturated carbocycles. The molecule has 110 valence electrons. The van der Waals surface area contributed by atoms with Gasteiger partial charge in [-0.2, -0.15) is 0 Å². The fourth-order valence-electron chi connectivity index (χ4n) is 5.54. The Bertz CT molecular complexity index is 329. The van der Waals surface area contributed by atoms with E-state index in [1.165, 1.54) is 51.4 Å². The van der Waals surface area contributed by atoms with Crippen LogP contribution in [0.3, 0.4) is 0 Å². The van der Waals surface area contributed by atoms with Gasteiger partial charge in [0, 0.05) is 12.1 Å². The minimum absolute atomic E-state index is 0.542. The highest BCUT2D eigenvalue weighted by atomic mass is 15.0. The van der Waals surface area contributed by atoms with E-state index in [-0.39, 0.29) is 0 Å². The zero-order valence-electron chi connectivity index (χ0n) is 13.5. The van der Waals surface area contributed by atoms with E-state index in [2.05, 4.69) is 33.0 Å². The molecule has 1 heteroatoms. The average Bonchev–Trinajstić information content (AvgIpc) is 2.73. The zero-order valence-corrected chi connectivity index (χ0v) is 13.5. The predicted molar refractivity (Wildman–Crippen MR) is 82.2 cm³/mol. The lowest BCUT2D eigenvalue weighted by Gasteiger charge is -2.42. The molecular formula is C18H33N. The van der Waals surface area contributed by atoms with Crippen LogP contribution < -0.4 is 5.32 Å². The third-order valence-corrected chi connectivity index (χ3v) is 7.62. The van der Waals surface area contributed by atoms with Crippen LogP contribution in [0.25, 0.3) is 0 Å². The maximum absolute atomic E-state index is 4.08. The van der Waals surface area contributed by atoms with Gasteiger partial charge in [0.2, 0.25) is 0 Å². The molecule has 0 radical (unpaired) electrons. The summed E-state index contributed by atoms with van der Waals surface area (Å²) in [5.41, 5.74) is 1.09. The molecule has 0 heterocycles. The fourth-order valence-corrected chi connectivity index (χ4v) is 5.54. The van der Waals surface area contributed by atoms with Crippen molar-refractivity contribution in [3.63, 3.8) is 0 Å². The minimum atomic E-state index is 0.542. The topological polar surface area (TPSA) is 12.0 Å². The highest BCUT2D eigenvalue weighted by Gasteiger charge is 2.61. The maximum atomic E-state index is 4.08. The summed E-state index contributed by atoms with van der Waals surface area (Å²) in [5, 5.41) is 4.08. The van der Waals surface area contributed by atoms with Crippen LogP contribution in [0.5, 0.6) is 0 Å². The van der Waals surface area contributed by atoms with Crippen LogP contribution in [0.4, 0.5) is 0 Å². The molecule has 0 aromatic rings. The molecule has 3 aliphatic carbocycles. The van der Waals surface area contributed by atoms with Crippen molar-refractivity contribution in [2.75, 3.05) is 0 Å². The quantitative estimate of drug-likeness (QED) is 0.774. The number of rotatable bonds is 3. The van der Waals surface area contributed by atoms with E-state index < -0.39 is 0 Å². The van der Waals surface area contributed by atoms with E-state index in [1.807, 2.05) is 0 Å². The molecule has 0 amide bonds. The monoisotopic (exact) mass is 263 g/mol. The first-order valence-corrected chi connectivity index (χ1v) is 8.71. The molecule has 3 rings (SSSR count). The van der Waals surface area contributed by atoms with Gasteiger partial charge in [0.25, 0.3) is 0 Å². The maximum Gasteiger partial charge on any atom is 0.0131 e. The summed E-state index contributed by atoms with van der Waals surface area (Å²) in [7, 11) is 0. The Kier molecular flexibility index (Phi) is 3.48. The Hall–Kier alpha value is -0.0400. The molecule has 0 aromatic carbocycles. The van der Waals surface area contributed by atoms with Gasteiger partial charge in [-0.05, 0) is 61.7 Å². The summed E-state index contributed by atoms with van der Waals surface area (Å²) in [5.74, 6) is 1.91. The van der Waals surface area contributed by atoms with E-state index in [1.54, 1.807) is 0 Å². The van der Waals surface area contributed by atoms with Crippen molar-refractivity contribution in [2.45, 2.75) is 91.1 Å². The Morgan fingerprint density at radius 3 is 2.21 bits per heavy atom. The lowest BCUT2D eigenvalue weighted by Crippen LogP contribution is -2.49. The van der Waals surface area contributed by atoms with Gasteiger partial charge in [-0.15, -0.1) is 0 Å². The highest BCUT2D eigenvalue weighted by Crippen LogP contribution is 2.65. The predicted octanol–water partition coefficient (Wildman–Crippen LogP) is 4.76. The number of hydrogen-bond acceptors (Lipinski definition) is 1. The summed E-state index contributed by atoms with van der Waals surface area (Å²) in [6.07, 6.45) is 11.7. The average molecular weight is 263 g/mol. The molecule has 3 aliphatic rings. The summed E-state index contributed by atoms with van der Waals surface area (Å²) in [6, 6.07) is 1.51. The Morgan fingerprint density at radius 2 is 1.68 bits per heavy atom. The van der Waals surface area contributed by atoms with Crippen LogP contribution in [0.1, 0.15) is 79.1 Å². The summed E-state index contributed by atoms with van der Waals surface area (Å²) in [6.45, 7) is 10.1. The lowest BCUT2D eigenvalue weighted by atomic mass is 9.69. The van der Waals surface area contributed by atoms with E-state index in [4.69, 9.17) is 0 Å². The zero-order chi connectivity index (χ0) is 13.7. The number of fused-ring (bicyclic) bond motifs is 2. The molecule has 4 atom stereocenters. The van der Waals surface area contributed by atoms with Crippen LogP contribution in [0.15, 0.2) is 0 Å². The van der Waals surface area contributed by atoms with Gasteiger partial charge in [0.05, 0.1) is 0 Å². The molecule has 2 bridgehead atoms. The largest absolute Gasteiger partial charge is 0.311 e. The first-order chi connectivity index (χ1) is 8.95. The van der Waals surface area contributed by atoms with Gasteiger partial charge in [-0.3, -0.25) is 0 Å². The lowest BCUT2D eigenvalue weighted by molar-refractivity contribution is 0.108. The van der Waals surface area contributed by atoms with Crippen molar-refractivity contribution in [3.8, 4) is 0 Å². The summed E-state index contributed by atoms with van der Waals surface area (Å²) < 4.78 is 0. The van der Waals surface area contributed by atoms with E-state index in [0.717, 1.165) is 23.9 Å². The van der Waals surface area contributed by atoms with Crippen molar-refractivity contribution in [3.05, 3.63) is 0 Å². The van der Waals surface area contributed by atoms with Crippen molar-refractivity contribution < 1.29 is 0 Å². The van der Waals surface area contributed by atoms with E-state index >= 15 is 0 Å². The molecule has 0 saturated heterocycles. The molecule has 0 aliphatic heterocycles. The van der Waals surface area contributed by atoms with Gasteiger partial charge < -0.3 is 5.32 Å². The second-order valence-electron chi connectivity index (χ2n) is 8.52. The molecule has 19 heavy (non-hydrogen) atoms. The van der Waals surface area contributed by atoms with Gasteiger partial charge in [-0.1, -0.05) is 40.0 Å². The van der Waals surface area contributed by atoms with Crippen LogP contribution >= 0.6 is 0 Å². The minimum Gasteiger partial charge on any atom is -0.311 e. The second-order valence-corrected chi connectivity index (χ2v) is 8.52. The van der Waals surface area contributed by atoms with Crippen molar-refractivity contribution in [1.82, 2.24) is 5.32 Å². The molecular weight excluding hydrogens is 230 g/mol. The standard InChI is InChI=1S/C18H33N/c1-13(14-8-6-5-7-9-14)19-16-12-15-10-11-18(16,4)17(15,2)3/h13-16,19H,5-12H2,1-4H3/t13-,15?,16?,18?/m0/s1. The first kappa shape index (κ1) is 13.9. The Balaban J connectivity index is 1.65. The number of nitrogens with one attached hydrogen (secondary N) is 1. The van der Waals surface area contributed by atoms with Gasteiger partial charge in [-0.25, -0.2) is 0 Å². The van der Waals surface area contributed by atoms with Crippen LogP contribution in [-0.4, -0.2) is 12.1 Å². The molecule has 3 unspecified atom stereocenters. The van der Waals surface area contributed by atoms with Crippen molar-refractivity contribution in [1.29, 1.82) is 0 Å². The summed E-state index contributed by atoms with van der Waals surface area (Å²) >= 11 is 0. The third kappa shape index (κ3) is 2.07. The molecule has 0 aromatic heterocycles. The van der Waals surface area contributed by atoms with Crippen LogP contribution in [-0.2, 0) is 0 Å². The molecule has 1 N–H and O–H groups in total. The van der Waals surface area contributed by atoms with Gasteiger partial charge >= 0.3 is 0 Å². The summed E-state index contributed by atoms with van der Waals surface area (Å²) in [4.78, 5) is 0. The van der Waals surface area contributed by atoms with Crippen LogP contribution in [0.2, 0.25) is 0 Å². The van der Waals surface area contributed by atoms with Crippen molar-refractivity contribution >= 4 is 0 Å².